The van der Waals surface area contributed by atoms with E-state index in [4.69, 9.17) is 9.47 Å². The van der Waals surface area contributed by atoms with Crippen molar-refractivity contribution in [1.29, 1.82) is 0 Å². The number of nitrogens with zero attached hydrogens (tertiary/aromatic N) is 3. The van der Waals surface area contributed by atoms with E-state index in [9.17, 15) is 0 Å². The van der Waals surface area contributed by atoms with Gasteiger partial charge in [-0.1, -0.05) is 12.1 Å². The molecular weight excluding hydrogens is 266 g/mol. The van der Waals surface area contributed by atoms with Crippen LogP contribution in [0.5, 0.6) is 11.5 Å². The molecule has 2 heterocycles. The molecule has 0 saturated carbocycles. The molecule has 1 aliphatic rings. The van der Waals surface area contributed by atoms with E-state index in [1.165, 1.54) is 0 Å². The average Bonchev–Trinajstić information content (AvgIpc) is 2.57. The van der Waals surface area contributed by atoms with Crippen molar-refractivity contribution in [3.8, 4) is 11.5 Å². The molecule has 0 atom stereocenters. The number of aromatic nitrogens is 2. The lowest BCUT2D eigenvalue weighted by molar-refractivity contribution is 0.164. The lowest BCUT2D eigenvalue weighted by Crippen LogP contribution is -2.38. The average molecular weight is 285 g/mol. The zero-order chi connectivity index (χ0) is 14.5. The van der Waals surface area contributed by atoms with E-state index in [2.05, 4.69) is 14.9 Å². The fourth-order valence-corrected chi connectivity index (χ4v) is 2.55. The fourth-order valence-electron chi connectivity index (χ4n) is 2.55. The van der Waals surface area contributed by atoms with Crippen molar-refractivity contribution in [2.75, 3.05) is 25.1 Å². The number of piperidine rings is 1. The number of benzene rings is 1. The maximum Gasteiger partial charge on any atom is 0.161 e. The first-order valence-corrected chi connectivity index (χ1v) is 7.17. The minimum Gasteiger partial charge on any atom is -0.493 e. The zero-order valence-corrected chi connectivity index (χ0v) is 12.1. The van der Waals surface area contributed by atoms with E-state index in [1.54, 1.807) is 25.7 Å². The van der Waals surface area contributed by atoms with Gasteiger partial charge in [0.25, 0.3) is 0 Å². The SMILES string of the molecule is COc1ccccc1OC1CCN(c2cnccn2)CC1. The van der Waals surface area contributed by atoms with Crippen LogP contribution in [0.15, 0.2) is 42.9 Å². The highest BCUT2D eigenvalue weighted by atomic mass is 16.5. The third-order valence-electron chi connectivity index (χ3n) is 3.68. The molecule has 0 aliphatic carbocycles. The normalized spacial score (nSPS) is 15.8. The minimum atomic E-state index is 0.217. The molecule has 5 heteroatoms. The Morgan fingerprint density at radius 1 is 1.10 bits per heavy atom. The standard InChI is InChI=1S/C16H19N3O2/c1-20-14-4-2-3-5-15(14)21-13-6-10-19(11-7-13)16-12-17-8-9-18-16/h2-5,8-9,12-13H,6-7,10-11H2,1H3. The Labute approximate surface area is 124 Å². The molecule has 3 rings (SSSR count). The number of anilines is 1. The highest BCUT2D eigenvalue weighted by molar-refractivity contribution is 5.40. The zero-order valence-electron chi connectivity index (χ0n) is 12.1. The van der Waals surface area contributed by atoms with Gasteiger partial charge in [-0.15, -0.1) is 0 Å². The predicted octanol–water partition coefficient (Wildman–Crippen LogP) is 2.53. The van der Waals surface area contributed by atoms with E-state index in [0.717, 1.165) is 43.2 Å². The predicted molar refractivity (Wildman–Crippen MR) is 80.9 cm³/mol. The summed E-state index contributed by atoms with van der Waals surface area (Å²) in [5.41, 5.74) is 0. The van der Waals surface area contributed by atoms with Gasteiger partial charge in [0.15, 0.2) is 11.5 Å². The van der Waals surface area contributed by atoms with Crippen LogP contribution in [0.3, 0.4) is 0 Å². The quantitative estimate of drug-likeness (QED) is 0.864. The van der Waals surface area contributed by atoms with Gasteiger partial charge in [-0.3, -0.25) is 4.98 Å². The van der Waals surface area contributed by atoms with E-state index in [1.807, 2.05) is 24.3 Å². The number of para-hydroxylation sites is 2. The van der Waals surface area contributed by atoms with Crippen LogP contribution in [0.1, 0.15) is 12.8 Å². The van der Waals surface area contributed by atoms with E-state index >= 15 is 0 Å². The largest absolute Gasteiger partial charge is 0.493 e. The van der Waals surface area contributed by atoms with Crippen molar-refractivity contribution >= 4 is 5.82 Å². The lowest BCUT2D eigenvalue weighted by Gasteiger charge is -2.32. The molecule has 5 nitrogen and oxygen atoms in total. The van der Waals surface area contributed by atoms with Gasteiger partial charge >= 0.3 is 0 Å². The molecule has 2 aromatic rings. The number of hydrogen-bond acceptors (Lipinski definition) is 5. The van der Waals surface area contributed by atoms with Gasteiger partial charge in [0.05, 0.1) is 13.3 Å². The van der Waals surface area contributed by atoms with E-state index in [-0.39, 0.29) is 6.10 Å². The first-order chi connectivity index (χ1) is 10.4. The number of ether oxygens (including phenoxy) is 2. The van der Waals surface area contributed by atoms with Crippen molar-refractivity contribution < 1.29 is 9.47 Å². The second kappa shape index (κ2) is 6.43. The second-order valence-corrected chi connectivity index (χ2v) is 5.02. The molecule has 0 bridgehead atoms. The fraction of sp³-hybridized carbons (Fsp3) is 0.375. The first kappa shape index (κ1) is 13.7. The summed E-state index contributed by atoms with van der Waals surface area (Å²) in [5.74, 6) is 2.54. The Balaban J connectivity index is 1.59. The molecule has 0 unspecified atom stereocenters. The lowest BCUT2D eigenvalue weighted by atomic mass is 10.1. The molecule has 0 amide bonds. The highest BCUT2D eigenvalue weighted by Crippen LogP contribution is 2.29. The molecule has 21 heavy (non-hydrogen) atoms. The third kappa shape index (κ3) is 3.24. The third-order valence-corrected chi connectivity index (χ3v) is 3.68. The van der Waals surface area contributed by atoms with Crippen LogP contribution in [0.4, 0.5) is 5.82 Å². The molecule has 0 N–H and O–H groups in total. The molecule has 110 valence electrons. The van der Waals surface area contributed by atoms with Crippen molar-refractivity contribution in [1.82, 2.24) is 9.97 Å². The van der Waals surface area contributed by atoms with Crippen molar-refractivity contribution in [2.45, 2.75) is 18.9 Å². The van der Waals surface area contributed by atoms with Crippen molar-refractivity contribution in [3.63, 3.8) is 0 Å². The number of hydrogen-bond donors (Lipinski definition) is 0. The number of methoxy groups -OCH3 is 1. The van der Waals surface area contributed by atoms with Crippen LogP contribution in [0.25, 0.3) is 0 Å². The van der Waals surface area contributed by atoms with Crippen LogP contribution in [-0.4, -0.2) is 36.3 Å². The Morgan fingerprint density at radius 3 is 2.52 bits per heavy atom. The molecule has 1 aromatic carbocycles. The van der Waals surface area contributed by atoms with Gasteiger partial charge in [0.1, 0.15) is 11.9 Å². The highest BCUT2D eigenvalue weighted by Gasteiger charge is 2.22. The van der Waals surface area contributed by atoms with Crippen molar-refractivity contribution in [3.05, 3.63) is 42.9 Å². The second-order valence-electron chi connectivity index (χ2n) is 5.02. The monoisotopic (exact) mass is 285 g/mol. The summed E-state index contributed by atoms with van der Waals surface area (Å²) in [6, 6.07) is 7.78. The summed E-state index contributed by atoms with van der Waals surface area (Å²) in [6.45, 7) is 1.86. The number of rotatable bonds is 4. The summed E-state index contributed by atoms with van der Waals surface area (Å²) in [4.78, 5) is 10.7. The van der Waals surface area contributed by atoms with Crippen molar-refractivity contribution in [2.24, 2.45) is 0 Å². The molecule has 0 spiro atoms. The summed E-state index contributed by atoms with van der Waals surface area (Å²) >= 11 is 0. The van der Waals surface area contributed by atoms with Crippen LogP contribution >= 0.6 is 0 Å². The summed E-state index contributed by atoms with van der Waals surface area (Å²) in [5, 5.41) is 0. The summed E-state index contributed by atoms with van der Waals surface area (Å²) in [7, 11) is 1.67. The van der Waals surface area contributed by atoms with Crippen LogP contribution < -0.4 is 14.4 Å². The van der Waals surface area contributed by atoms with Gasteiger partial charge in [0.2, 0.25) is 0 Å². The smallest absolute Gasteiger partial charge is 0.161 e. The minimum absolute atomic E-state index is 0.217. The topological polar surface area (TPSA) is 47.5 Å². The van der Waals surface area contributed by atoms with Gasteiger partial charge in [-0.05, 0) is 12.1 Å². The van der Waals surface area contributed by atoms with Crippen LogP contribution in [0, 0.1) is 0 Å². The Bertz CT molecular complexity index is 569. The van der Waals surface area contributed by atoms with Crippen LogP contribution in [-0.2, 0) is 0 Å². The maximum atomic E-state index is 6.07. The van der Waals surface area contributed by atoms with E-state index in [0.29, 0.717) is 0 Å². The Kier molecular flexibility index (Phi) is 4.19. The summed E-state index contributed by atoms with van der Waals surface area (Å²) < 4.78 is 11.4. The molecule has 1 aromatic heterocycles. The van der Waals surface area contributed by atoms with Gasteiger partial charge in [-0.2, -0.15) is 0 Å². The summed E-state index contributed by atoms with van der Waals surface area (Å²) in [6.07, 6.45) is 7.38. The molecule has 1 aliphatic heterocycles. The van der Waals surface area contributed by atoms with Gasteiger partial charge in [0, 0.05) is 38.3 Å². The molecule has 1 fully saturated rings. The van der Waals surface area contributed by atoms with Gasteiger partial charge < -0.3 is 14.4 Å². The molecule has 1 saturated heterocycles. The van der Waals surface area contributed by atoms with E-state index < -0.39 is 0 Å². The first-order valence-electron chi connectivity index (χ1n) is 7.17. The Morgan fingerprint density at radius 2 is 1.86 bits per heavy atom. The maximum absolute atomic E-state index is 6.07. The molecular formula is C16H19N3O2. The van der Waals surface area contributed by atoms with Gasteiger partial charge in [-0.25, -0.2) is 4.98 Å². The Hall–Kier alpha value is -2.30. The van der Waals surface area contributed by atoms with Crippen LogP contribution in [0.2, 0.25) is 0 Å². The molecule has 0 radical (unpaired) electrons.